The van der Waals surface area contributed by atoms with Crippen LogP contribution in [0.2, 0.25) is 0 Å². The second-order valence-electron chi connectivity index (χ2n) is 7.83. The molecule has 10 nitrogen and oxygen atoms in total. The molecular weight excluding hydrogens is 522 g/mol. The topological polar surface area (TPSA) is 131 Å². The molecular formula is C22H17F6N8O2+. The van der Waals surface area contributed by atoms with E-state index in [0.29, 0.717) is 18.5 Å². The zero-order valence-corrected chi connectivity index (χ0v) is 19.3. The minimum absolute atomic E-state index is 0.0659. The molecule has 0 bridgehead atoms. The van der Waals surface area contributed by atoms with Crippen LogP contribution < -0.4 is 10.3 Å². The Morgan fingerprint density at radius 3 is 2.45 bits per heavy atom. The van der Waals surface area contributed by atoms with Crippen molar-refractivity contribution >= 4 is 28.7 Å². The Morgan fingerprint density at radius 2 is 1.82 bits per heavy atom. The molecule has 4 aromatic heterocycles. The normalized spacial score (nSPS) is 12.0. The van der Waals surface area contributed by atoms with Crippen LogP contribution in [0, 0.1) is 0 Å². The monoisotopic (exact) mass is 539 g/mol. The van der Waals surface area contributed by atoms with Gasteiger partial charge in [0.1, 0.15) is 34.4 Å². The average molecular weight is 539 g/mol. The van der Waals surface area contributed by atoms with Gasteiger partial charge in [0.25, 0.3) is 5.91 Å². The summed E-state index contributed by atoms with van der Waals surface area (Å²) in [6.45, 7) is -0.455. The number of nitrogens with zero attached hydrogens (tertiary/aromatic N) is 6. The Kier molecular flexibility index (Phi) is 7.08. The van der Waals surface area contributed by atoms with Crippen molar-refractivity contribution in [2.45, 2.75) is 12.4 Å². The van der Waals surface area contributed by atoms with Crippen molar-refractivity contribution in [3.8, 4) is 11.4 Å². The predicted octanol–water partition coefficient (Wildman–Crippen LogP) is 3.14. The van der Waals surface area contributed by atoms with E-state index in [2.05, 4.69) is 35.2 Å². The summed E-state index contributed by atoms with van der Waals surface area (Å²) in [7, 11) is 1.32. The molecule has 0 radical (unpaired) electrons. The first kappa shape index (κ1) is 26.6. The third-order valence-corrected chi connectivity index (χ3v) is 5.19. The molecule has 0 aromatic carbocycles. The summed E-state index contributed by atoms with van der Waals surface area (Å²) >= 11 is 0. The Morgan fingerprint density at radius 1 is 1.05 bits per heavy atom. The lowest BCUT2D eigenvalue weighted by Gasteiger charge is -2.17. The highest BCUT2D eigenvalue weighted by Gasteiger charge is 2.36. The van der Waals surface area contributed by atoms with Crippen molar-refractivity contribution in [1.82, 2.24) is 29.8 Å². The van der Waals surface area contributed by atoms with Crippen molar-refractivity contribution in [3.05, 3.63) is 59.8 Å². The lowest BCUT2D eigenvalue weighted by Crippen LogP contribution is -2.30. The third kappa shape index (κ3) is 5.59. The molecule has 4 aromatic rings. The van der Waals surface area contributed by atoms with E-state index in [9.17, 15) is 31.1 Å². The number of H-pyrrole nitrogens is 1. The van der Waals surface area contributed by atoms with Crippen LogP contribution >= 0.6 is 0 Å². The van der Waals surface area contributed by atoms with Gasteiger partial charge in [0, 0.05) is 26.0 Å². The Hall–Kier alpha value is -4.47. The van der Waals surface area contributed by atoms with E-state index in [1.54, 1.807) is 0 Å². The van der Waals surface area contributed by atoms with Crippen LogP contribution in [0.3, 0.4) is 0 Å². The second kappa shape index (κ2) is 10.1. The third-order valence-electron chi connectivity index (χ3n) is 5.19. The van der Waals surface area contributed by atoms with Gasteiger partial charge in [0.2, 0.25) is 0 Å². The summed E-state index contributed by atoms with van der Waals surface area (Å²) in [5.41, 5.74) is -3.21. The van der Waals surface area contributed by atoms with Gasteiger partial charge in [0.15, 0.2) is 5.65 Å². The number of likely N-dealkylation sites (N-methyl/N-ethyl adjacent to an activating group) is 1. The highest BCUT2D eigenvalue weighted by Crippen LogP contribution is 2.36. The number of amides is 1. The quantitative estimate of drug-likeness (QED) is 0.358. The standard InChI is InChI=1S/C22H16F6N8O2/c1-36(4-5-37)19(38)11-6-13(22(26,27)28)16(30-7-11)15-10-31-17-14(2-3-29-18(17)34-15)35-20-32-8-12(9-33-20)21(23,24)25/h2-3,6-10,37H,4-5H2,1H3,(H,29,32,33,34,35)/p+1. The number of aliphatic hydroxyl groups is 1. The molecule has 0 aliphatic heterocycles. The zero-order valence-electron chi connectivity index (χ0n) is 19.3. The lowest BCUT2D eigenvalue weighted by atomic mass is 10.1. The van der Waals surface area contributed by atoms with Crippen molar-refractivity contribution in [1.29, 1.82) is 0 Å². The molecule has 4 heterocycles. The number of carbonyl (C=O) groups excluding carboxylic acids is 1. The first-order chi connectivity index (χ1) is 17.9. The molecule has 0 saturated carbocycles. The van der Waals surface area contributed by atoms with Crippen molar-refractivity contribution in [2.24, 2.45) is 0 Å². The molecule has 16 heteroatoms. The fourth-order valence-electron chi connectivity index (χ4n) is 3.32. The average Bonchev–Trinajstić information content (AvgIpc) is 2.87. The maximum atomic E-state index is 13.9. The van der Waals surface area contributed by atoms with Gasteiger partial charge in [0.05, 0.1) is 30.1 Å². The molecule has 0 unspecified atom stereocenters. The van der Waals surface area contributed by atoms with Crippen molar-refractivity contribution in [3.63, 3.8) is 0 Å². The largest absolute Gasteiger partial charge is 0.422 e. The maximum Gasteiger partial charge on any atom is 0.422 e. The van der Waals surface area contributed by atoms with E-state index in [-0.39, 0.29) is 47.2 Å². The fraction of sp³-hybridized carbons (Fsp3) is 0.227. The number of fused-ring (bicyclic) bond motifs is 1. The molecule has 1 amide bonds. The number of aromatic nitrogens is 6. The van der Waals surface area contributed by atoms with E-state index in [0.717, 1.165) is 17.3 Å². The molecule has 0 saturated heterocycles. The number of alkyl halides is 6. The van der Waals surface area contributed by atoms with Crippen molar-refractivity contribution < 1.29 is 41.2 Å². The lowest BCUT2D eigenvalue weighted by molar-refractivity contribution is -0.368. The van der Waals surface area contributed by atoms with Gasteiger partial charge in [-0.15, -0.1) is 0 Å². The molecule has 0 atom stereocenters. The fourth-order valence-corrected chi connectivity index (χ4v) is 3.32. The van der Waals surface area contributed by atoms with Crippen molar-refractivity contribution in [2.75, 3.05) is 25.5 Å². The van der Waals surface area contributed by atoms with Gasteiger partial charge in [-0.2, -0.15) is 26.3 Å². The summed E-state index contributed by atoms with van der Waals surface area (Å²) in [5, 5.41) is 11.7. The molecule has 0 fully saturated rings. The minimum Gasteiger partial charge on any atom is -0.395 e. The van der Waals surface area contributed by atoms with Gasteiger partial charge >= 0.3 is 18.3 Å². The van der Waals surface area contributed by atoms with Gasteiger partial charge in [-0.1, -0.05) is 4.98 Å². The van der Waals surface area contributed by atoms with Crippen LogP contribution in [0.25, 0.3) is 22.6 Å². The molecule has 38 heavy (non-hydrogen) atoms. The summed E-state index contributed by atoms with van der Waals surface area (Å²) in [5.74, 6) is -0.830. The van der Waals surface area contributed by atoms with Crippen LogP contribution in [0.15, 0.2) is 43.1 Å². The molecule has 0 spiro atoms. The molecule has 3 N–H and O–H groups in total. The summed E-state index contributed by atoms with van der Waals surface area (Å²) < 4.78 is 79.9. The molecule has 0 aliphatic rings. The van der Waals surface area contributed by atoms with E-state index >= 15 is 0 Å². The summed E-state index contributed by atoms with van der Waals surface area (Å²) in [6.07, 6.45) is -4.90. The molecule has 4 rings (SSSR count). The minimum atomic E-state index is -4.90. The number of carbonyl (C=O) groups is 1. The predicted molar refractivity (Wildman–Crippen MR) is 119 cm³/mol. The Balaban J connectivity index is 1.70. The highest BCUT2D eigenvalue weighted by molar-refractivity contribution is 5.94. The molecule has 198 valence electrons. The van der Waals surface area contributed by atoms with Crippen LogP contribution in [0.5, 0.6) is 0 Å². The van der Waals surface area contributed by atoms with Gasteiger partial charge < -0.3 is 10.0 Å². The van der Waals surface area contributed by atoms with E-state index in [1.165, 1.54) is 19.3 Å². The van der Waals surface area contributed by atoms with E-state index < -0.39 is 35.1 Å². The zero-order chi connectivity index (χ0) is 27.7. The van der Waals surface area contributed by atoms with Crippen LogP contribution in [-0.4, -0.2) is 61.0 Å². The van der Waals surface area contributed by atoms with Gasteiger partial charge in [-0.05, 0) is 12.1 Å². The number of halogens is 6. The van der Waals surface area contributed by atoms with Gasteiger partial charge in [-0.25, -0.2) is 25.3 Å². The highest BCUT2D eigenvalue weighted by atomic mass is 19.4. The van der Waals surface area contributed by atoms with E-state index in [1.807, 2.05) is 0 Å². The Labute approximate surface area is 209 Å². The first-order valence-corrected chi connectivity index (χ1v) is 10.7. The van der Waals surface area contributed by atoms with Crippen LogP contribution in [0.1, 0.15) is 21.5 Å². The molecule has 0 aliphatic carbocycles. The second-order valence-corrected chi connectivity index (χ2v) is 7.83. The maximum absolute atomic E-state index is 13.9. The first-order valence-electron chi connectivity index (χ1n) is 10.7. The number of anilines is 2. The van der Waals surface area contributed by atoms with Gasteiger partial charge in [-0.3, -0.25) is 9.78 Å². The summed E-state index contributed by atoms with van der Waals surface area (Å²) in [4.78, 5) is 35.5. The number of aromatic amines is 1. The smallest absolute Gasteiger partial charge is 0.395 e. The van der Waals surface area contributed by atoms with E-state index in [4.69, 9.17) is 5.11 Å². The number of rotatable bonds is 6. The number of nitrogens with one attached hydrogen (secondary N) is 2. The SMILES string of the molecule is CN(CCO)C(=O)c1cnc(-c2cnc3c(Nc4ncc(C(F)(F)F)c[nH+]4)ccnc3n2)c(C(F)(F)F)c1. The number of hydrogen-bond donors (Lipinski definition) is 2. The number of pyridine rings is 2. The van der Waals surface area contributed by atoms with Crippen LogP contribution in [-0.2, 0) is 12.4 Å². The van der Waals surface area contributed by atoms with Crippen LogP contribution in [0.4, 0.5) is 38.0 Å². The number of aliphatic hydroxyl groups excluding tert-OH is 1. The Bertz CT molecular complexity index is 1480. The summed E-state index contributed by atoms with van der Waals surface area (Å²) in [6, 6.07) is 2.06. The number of hydrogen-bond acceptors (Lipinski definition) is 8.